The number of carbonyl (C=O) groups excluding carboxylic acids is 2. The van der Waals surface area contributed by atoms with Gasteiger partial charge < -0.3 is 10.6 Å². The Balaban J connectivity index is 1.52. The Morgan fingerprint density at radius 3 is 2.56 bits per heavy atom. The zero-order valence-electron chi connectivity index (χ0n) is 19.2. The summed E-state index contributed by atoms with van der Waals surface area (Å²) < 4.78 is 2.56. The van der Waals surface area contributed by atoms with Crippen LogP contribution in [0.1, 0.15) is 17.5 Å². The highest BCUT2D eigenvalue weighted by molar-refractivity contribution is 7.17. The molecule has 2 amide bonds. The van der Waals surface area contributed by atoms with Gasteiger partial charge >= 0.3 is 5.69 Å². The second kappa shape index (κ2) is 11.1. The molecule has 0 unspecified atom stereocenters. The minimum absolute atomic E-state index is 0.0929. The standard InChI is InChI=1S/C25H22Cl2N4O4S/c1-15-6-7-17(26)12-19(15)29-22(33)14-31-20-9-11-36-23(20)24(34)30(25(31)35)10-8-21(32)28-13-16-4-2-3-5-18(16)27/h2-7,9,11-12H,8,10,13-14H2,1H3,(H,28,32)(H,29,33). The van der Waals surface area contributed by atoms with E-state index in [1.807, 2.05) is 13.0 Å². The molecule has 0 radical (unpaired) electrons. The van der Waals surface area contributed by atoms with Gasteiger partial charge in [0.25, 0.3) is 5.56 Å². The molecule has 4 rings (SSSR count). The molecule has 0 aliphatic rings. The molecule has 2 heterocycles. The van der Waals surface area contributed by atoms with E-state index in [9.17, 15) is 19.2 Å². The van der Waals surface area contributed by atoms with Crippen molar-refractivity contribution in [3.8, 4) is 0 Å². The van der Waals surface area contributed by atoms with Crippen LogP contribution >= 0.6 is 34.5 Å². The summed E-state index contributed by atoms with van der Waals surface area (Å²) in [5, 5.41) is 8.19. The molecule has 0 bridgehead atoms. The van der Waals surface area contributed by atoms with E-state index in [1.54, 1.807) is 47.8 Å². The molecule has 2 aromatic heterocycles. The van der Waals surface area contributed by atoms with Crippen molar-refractivity contribution in [3.63, 3.8) is 0 Å². The molecule has 2 aromatic carbocycles. The molecule has 0 atom stereocenters. The van der Waals surface area contributed by atoms with Gasteiger partial charge in [0.05, 0.1) is 5.52 Å². The molecule has 0 aliphatic heterocycles. The number of halogens is 2. The van der Waals surface area contributed by atoms with Crippen molar-refractivity contribution in [3.05, 3.63) is 95.9 Å². The van der Waals surface area contributed by atoms with Crippen molar-refractivity contribution in [2.24, 2.45) is 0 Å². The van der Waals surface area contributed by atoms with E-state index in [1.165, 1.54) is 15.9 Å². The minimum Gasteiger partial charge on any atom is -0.352 e. The van der Waals surface area contributed by atoms with Crippen LogP contribution in [0.2, 0.25) is 10.0 Å². The highest BCUT2D eigenvalue weighted by Crippen LogP contribution is 2.21. The predicted molar refractivity (Wildman–Crippen MR) is 143 cm³/mol. The largest absolute Gasteiger partial charge is 0.352 e. The molecule has 0 saturated carbocycles. The van der Waals surface area contributed by atoms with Crippen LogP contribution in [-0.4, -0.2) is 20.9 Å². The number of fused-ring (bicyclic) bond motifs is 1. The Morgan fingerprint density at radius 2 is 1.78 bits per heavy atom. The molecule has 186 valence electrons. The maximum Gasteiger partial charge on any atom is 0.332 e. The fourth-order valence-corrected chi connectivity index (χ4v) is 4.90. The predicted octanol–water partition coefficient (Wildman–Crippen LogP) is 4.19. The van der Waals surface area contributed by atoms with Crippen LogP contribution in [0.25, 0.3) is 10.2 Å². The molecule has 4 aromatic rings. The number of nitrogens with one attached hydrogen (secondary N) is 2. The first kappa shape index (κ1) is 25.7. The van der Waals surface area contributed by atoms with E-state index >= 15 is 0 Å². The van der Waals surface area contributed by atoms with E-state index in [0.29, 0.717) is 25.9 Å². The second-order valence-corrected chi connectivity index (χ2v) is 9.85. The summed E-state index contributed by atoms with van der Waals surface area (Å²) in [5.41, 5.74) is 1.31. The fraction of sp³-hybridized carbons (Fsp3) is 0.200. The number of anilines is 1. The quantitative estimate of drug-likeness (QED) is 0.347. The first-order valence-corrected chi connectivity index (χ1v) is 12.6. The summed E-state index contributed by atoms with van der Waals surface area (Å²) in [4.78, 5) is 51.4. The Bertz CT molecular complexity index is 1570. The van der Waals surface area contributed by atoms with E-state index < -0.39 is 17.2 Å². The molecular weight excluding hydrogens is 523 g/mol. The Kier molecular flexibility index (Phi) is 7.93. The van der Waals surface area contributed by atoms with Crippen LogP contribution < -0.4 is 21.9 Å². The van der Waals surface area contributed by atoms with Crippen LogP contribution in [-0.2, 0) is 29.2 Å². The summed E-state index contributed by atoms with van der Waals surface area (Å²) in [5.74, 6) is -0.786. The van der Waals surface area contributed by atoms with Gasteiger partial charge in [-0.25, -0.2) is 4.79 Å². The summed E-state index contributed by atoms with van der Waals surface area (Å²) in [6.45, 7) is 1.61. The van der Waals surface area contributed by atoms with Gasteiger partial charge in [0, 0.05) is 35.2 Å². The third-order valence-electron chi connectivity index (χ3n) is 5.61. The van der Waals surface area contributed by atoms with Crippen molar-refractivity contribution in [1.29, 1.82) is 0 Å². The Morgan fingerprint density at radius 1 is 1.00 bits per heavy atom. The number of nitrogens with zero attached hydrogens (tertiary/aromatic N) is 2. The first-order valence-electron chi connectivity index (χ1n) is 11.0. The zero-order valence-corrected chi connectivity index (χ0v) is 21.5. The number of aryl methyl sites for hydroxylation is 1. The van der Waals surface area contributed by atoms with E-state index in [4.69, 9.17) is 23.2 Å². The van der Waals surface area contributed by atoms with Gasteiger partial charge in [-0.2, -0.15) is 0 Å². The van der Waals surface area contributed by atoms with Gasteiger partial charge in [-0.15, -0.1) is 11.3 Å². The van der Waals surface area contributed by atoms with E-state index in [2.05, 4.69) is 10.6 Å². The van der Waals surface area contributed by atoms with Crippen molar-refractivity contribution in [2.75, 3.05) is 5.32 Å². The number of benzene rings is 2. The van der Waals surface area contributed by atoms with Crippen molar-refractivity contribution in [2.45, 2.75) is 33.0 Å². The maximum atomic E-state index is 13.2. The average Bonchev–Trinajstić information content (AvgIpc) is 3.34. The number of rotatable bonds is 8. The Labute approximate surface area is 220 Å². The summed E-state index contributed by atoms with van der Waals surface area (Å²) in [7, 11) is 0. The number of amides is 2. The highest BCUT2D eigenvalue weighted by atomic mass is 35.5. The lowest BCUT2D eigenvalue weighted by molar-refractivity contribution is -0.121. The normalized spacial score (nSPS) is 11.0. The average molecular weight is 545 g/mol. The molecular formula is C25H22Cl2N4O4S. The van der Waals surface area contributed by atoms with Crippen LogP contribution in [0, 0.1) is 6.92 Å². The van der Waals surface area contributed by atoms with Gasteiger partial charge in [0.15, 0.2) is 0 Å². The van der Waals surface area contributed by atoms with Crippen LogP contribution in [0.5, 0.6) is 0 Å². The number of hydrogen-bond acceptors (Lipinski definition) is 5. The minimum atomic E-state index is -0.664. The number of aromatic nitrogens is 2. The highest BCUT2D eigenvalue weighted by Gasteiger charge is 2.18. The number of carbonyl (C=O) groups is 2. The SMILES string of the molecule is Cc1ccc(Cl)cc1NC(=O)Cn1c(=O)n(CCC(=O)NCc2ccccc2Cl)c(=O)c2sccc21. The molecule has 0 saturated heterocycles. The first-order chi connectivity index (χ1) is 17.2. The van der Waals surface area contributed by atoms with Gasteiger partial charge in [-0.05, 0) is 47.7 Å². The lowest BCUT2D eigenvalue weighted by Crippen LogP contribution is -2.42. The van der Waals surface area contributed by atoms with Crippen molar-refractivity contribution in [1.82, 2.24) is 14.5 Å². The lowest BCUT2D eigenvalue weighted by Gasteiger charge is -2.13. The second-order valence-electron chi connectivity index (χ2n) is 8.09. The molecule has 2 N–H and O–H groups in total. The van der Waals surface area contributed by atoms with Crippen LogP contribution in [0.15, 0.2) is 63.5 Å². The fourth-order valence-electron chi connectivity index (χ4n) is 3.68. The topological polar surface area (TPSA) is 102 Å². The number of hydrogen-bond donors (Lipinski definition) is 2. The monoisotopic (exact) mass is 544 g/mol. The maximum absolute atomic E-state index is 13.2. The third kappa shape index (κ3) is 5.70. The van der Waals surface area contributed by atoms with Gasteiger partial charge in [-0.1, -0.05) is 47.5 Å². The third-order valence-corrected chi connectivity index (χ3v) is 7.10. The Hall–Kier alpha value is -3.40. The summed E-state index contributed by atoms with van der Waals surface area (Å²) >= 11 is 13.3. The molecule has 0 spiro atoms. The molecule has 8 nitrogen and oxygen atoms in total. The van der Waals surface area contributed by atoms with E-state index in [-0.39, 0.29) is 32.0 Å². The summed E-state index contributed by atoms with van der Waals surface area (Å²) in [6.07, 6.45) is -0.0929. The number of thiophene rings is 1. The van der Waals surface area contributed by atoms with Gasteiger partial charge in [0.1, 0.15) is 11.2 Å². The molecule has 0 aliphatic carbocycles. The molecule has 11 heteroatoms. The van der Waals surface area contributed by atoms with Gasteiger partial charge in [0.2, 0.25) is 11.8 Å². The van der Waals surface area contributed by atoms with Crippen LogP contribution in [0.3, 0.4) is 0 Å². The van der Waals surface area contributed by atoms with Crippen LogP contribution in [0.4, 0.5) is 5.69 Å². The molecule has 0 fully saturated rings. The lowest BCUT2D eigenvalue weighted by atomic mass is 10.2. The van der Waals surface area contributed by atoms with E-state index in [0.717, 1.165) is 15.7 Å². The zero-order chi connectivity index (χ0) is 25.8. The van der Waals surface area contributed by atoms with Crippen molar-refractivity contribution < 1.29 is 9.59 Å². The van der Waals surface area contributed by atoms with Crippen molar-refractivity contribution >= 4 is 62.3 Å². The molecule has 36 heavy (non-hydrogen) atoms. The summed E-state index contributed by atoms with van der Waals surface area (Å²) in [6, 6.07) is 13.9. The smallest absolute Gasteiger partial charge is 0.332 e. The van der Waals surface area contributed by atoms with Gasteiger partial charge in [-0.3, -0.25) is 23.5 Å².